The summed E-state index contributed by atoms with van der Waals surface area (Å²) in [4.78, 5) is 0. The van der Waals surface area contributed by atoms with Crippen molar-refractivity contribution in [1.29, 1.82) is 0 Å². The summed E-state index contributed by atoms with van der Waals surface area (Å²) in [7, 11) is -5.63. The molecule has 3 aliphatic rings. The molecule has 0 aromatic heterocycles. The summed E-state index contributed by atoms with van der Waals surface area (Å²) >= 11 is 0. The van der Waals surface area contributed by atoms with Gasteiger partial charge in [0.25, 0.3) is 10.1 Å². The van der Waals surface area contributed by atoms with Gasteiger partial charge in [-0.3, -0.25) is 4.18 Å². The molecule has 0 radical (unpaired) electrons. The Kier molecular flexibility index (Phi) is 9.09. The van der Waals surface area contributed by atoms with E-state index in [0.717, 1.165) is 37.7 Å². The molecule has 2 fully saturated rings. The van der Waals surface area contributed by atoms with E-state index in [2.05, 4.69) is 54.6 Å². The van der Waals surface area contributed by atoms with Crippen LogP contribution < -0.4 is 0 Å². The first-order valence-electron chi connectivity index (χ1n) is 13.7. The van der Waals surface area contributed by atoms with E-state index in [0.29, 0.717) is 0 Å². The van der Waals surface area contributed by atoms with Gasteiger partial charge in [0.05, 0.1) is 24.4 Å². The fourth-order valence-corrected chi connectivity index (χ4v) is 9.04. The van der Waals surface area contributed by atoms with Crippen LogP contribution in [-0.4, -0.2) is 57.6 Å². The molecular formula is C27H50O6SSi. The monoisotopic (exact) mass is 530 g/mol. The highest BCUT2D eigenvalue weighted by Crippen LogP contribution is 2.44. The minimum atomic E-state index is -3.77. The Hall–Kier alpha value is -0.253. The van der Waals surface area contributed by atoms with E-state index in [-0.39, 0.29) is 47.5 Å². The van der Waals surface area contributed by atoms with Crippen LogP contribution >= 0.6 is 0 Å². The maximum absolute atomic E-state index is 13.0. The number of hydrogen-bond donors (Lipinski definition) is 1. The van der Waals surface area contributed by atoms with Gasteiger partial charge in [-0.05, 0) is 55.8 Å². The van der Waals surface area contributed by atoms with E-state index >= 15 is 0 Å². The highest BCUT2D eigenvalue weighted by molar-refractivity contribution is 7.87. The second-order valence-corrected chi connectivity index (χ2v) is 19.4. The third-order valence-electron chi connectivity index (χ3n) is 9.15. The quantitative estimate of drug-likeness (QED) is 0.242. The minimum Gasteiger partial charge on any atom is -0.414 e. The predicted molar refractivity (Wildman–Crippen MR) is 143 cm³/mol. The summed E-state index contributed by atoms with van der Waals surface area (Å²) in [6.07, 6.45) is 6.30. The summed E-state index contributed by atoms with van der Waals surface area (Å²) in [6.45, 7) is 19.7. The van der Waals surface area contributed by atoms with Crippen LogP contribution in [0.5, 0.6) is 0 Å². The van der Waals surface area contributed by atoms with Crippen molar-refractivity contribution in [1.82, 2.24) is 0 Å². The molecule has 1 aliphatic carbocycles. The molecule has 2 heterocycles. The summed E-state index contributed by atoms with van der Waals surface area (Å²) in [5.41, 5.74) is 0.909. The molecule has 0 saturated carbocycles. The third kappa shape index (κ3) is 6.43. The number of fused-ring (bicyclic) bond motifs is 1. The van der Waals surface area contributed by atoms with Crippen LogP contribution in [0.4, 0.5) is 0 Å². The first-order chi connectivity index (χ1) is 16.1. The zero-order chi connectivity index (χ0) is 26.3. The van der Waals surface area contributed by atoms with Crippen molar-refractivity contribution in [3.63, 3.8) is 0 Å². The molecule has 0 bridgehead atoms. The zero-order valence-electron chi connectivity index (χ0n) is 23.4. The standard InChI is InChI=1S/C27H50O6SSi/c1-10-11-21(33-35(8,9)27(5,6)7)15-20-12-13-24(31-20)19(4)26-18(3)22-14-17(2)23(28)16-25(22)34(29,30)32-26/h14,17-21,23-26,28H,10-13,15-16H2,1-9H3/t17-,18+,19+,20-,21-,23+,24+,25-,26+/m0/s1. The molecule has 0 amide bonds. The van der Waals surface area contributed by atoms with Gasteiger partial charge in [-0.25, -0.2) is 0 Å². The minimum absolute atomic E-state index is 0.0223. The fraction of sp³-hybridized carbons (Fsp3) is 0.926. The van der Waals surface area contributed by atoms with E-state index in [9.17, 15) is 13.5 Å². The Labute approximate surface area is 215 Å². The molecule has 35 heavy (non-hydrogen) atoms. The largest absolute Gasteiger partial charge is 0.414 e. The smallest absolute Gasteiger partial charge is 0.274 e. The SMILES string of the molecule is CCC[C@@H](C[C@@H]1CC[C@H]([C@@H](C)[C@@H]2OS(=O)(=O)[C@H]3C[C@@H](O)[C@@H](C)C=C3[C@H]2C)O1)O[Si](C)(C)C(C)(C)C. The second-order valence-electron chi connectivity index (χ2n) is 12.9. The van der Waals surface area contributed by atoms with Gasteiger partial charge in [0, 0.05) is 23.9 Å². The van der Waals surface area contributed by atoms with E-state index in [1.54, 1.807) is 0 Å². The molecular weight excluding hydrogens is 480 g/mol. The molecule has 0 unspecified atom stereocenters. The molecule has 204 valence electrons. The van der Waals surface area contributed by atoms with Gasteiger partial charge in [-0.1, -0.05) is 61.0 Å². The molecule has 0 aromatic rings. The topological polar surface area (TPSA) is 82.1 Å². The summed E-state index contributed by atoms with van der Waals surface area (Å²) in [5, 5.41) is 9.69. The molecule has 9 atom stereocenters. The fourth-order valence-electron chi connectivity index (χ4n) is 5.80. The Morgan fingerprint density at radius 3 is 2.49 bits per heavy atom. The normalized spacial score (nSPS) is 37.4. The van der Waals surface area contributed by atoms with E-state index in [1.165, 1.54) is 0 Å². The average Bonchev–Trinajstić information content (AvgIpc) is 3.19. The van der Waals surface area contributed by atoms with Crippen molar-refractivity contribution in [2.75, 3.05) is 0 Å². The van der Waals surface area contributed by atoms with Crippen molar-refractivity contribution >= 4 is 18.4 Å². The zero-order valence-corrected chi connectivity index (χ0v) is 25.2. The number of ether oxygens (including phenoxy) is 1. The number of rotatable bonds is 8. The van der Waals surface area contributed by atoms with Gasteiger partial charge in [0.1, 0.15) is 5.25 Å². The Morgan fingerprint density at radius 2 is 1.89 bits per heavy atom. The average molecular weight is 531 g/mol. The van der Waals surface area contributed by atoms with Crippen molar-refractivity contribution in [2.45, 2.75) is 141 Å². The third-order valence-corrected chi connectivity index (χ3v) is 15.3. The van der Waals surface area contributed by atoms with Crippen molar-refractivity contribution in [3.8, 4) is 0 Å². The van der Waals surface area contributed by atoms with Gasteiger partial charge >= 0.3 is 0 Å². The van der Waals surface area contributed by atoms with E-state index < -0.39 is 35.9 Å². The molecule has 0 spiro atoms. The Balaban J connectivity index is 1.67. The lowest BCUT2D eigenvalue weighted by molar-refractivity contribution is -0.0441. The van der Waals surface area contributed by atoms with Crippen LogP contribution in [0.2, 0.25) is 18.1 Å². The Bertz CT molecular complexity index is 863. The molecule has 1 N–H and O–H groups in total. The molecule has 0 aromatic carbocycles. The first-order valence-corrected chi connectivity index (χ1v) is 18.1. The number of aliphatic hydroxyl groups is 1. The summed E-state index contributed by atoms with van der Waals surface area (Å²) < 4.78 is 45.1. The molecule has 3 rings (SSSR count). The van der Waals surface area contributed by atoms with E-state index in [4.69, 9.17) is 13.3 Å². The van der Waals surface area contributed by atoms with Gasteiger partial charge in [-0.2, -0.15) is 8.42 Å². The summed E-state index contributed by atoms with van der Waals surface area (Å²) in [6, 6.07) is 0. The van der Waals surface area contributed by atoms with Crippen LogP contribution in [0.1, 0.15) is 87.0 Å². The number of aliphatic hydroxyl groups excluding tert-OH is 1. The van der Waals surface area contributed by atoms with Crippen LogP contribution in [-0.2, 0) is 23.5 Å². The van der Waals surface area contributed by atoms with Gasteiger partial charge in [0.2, 0.25) is 0 Å². The lowest BCUT2D eigenvalue weighted by atomic mass is 9.77. The molecule has 8 heteroatoms. The second kappa shape index (κ2) is 10.9. The summed E-state index contributed by atoms with van der Waals surface area (Å²) in [5.74, 6) is -0.109. The van der Waals surface area contributed by atoms with Crippen molar-refractivity contribution in [2.24, 2.45) is 17.8 Å². The van der Waals surface area contributed by atoms with Crippen LogP contribution in [0.25, 0.3) is 0 Å². The van der Waals surface area contributed by atoms with Crippen molar-refractivity contribution < 1.29 is 26.9 Å². The molecule has 6 nitrogen and oxygen atoms in total. The van der Waals surface area contributed by atoms with Crippen LogP contribution in [0.15, 0.2) is 11.6 Å². The van der Waals surface area contributed by atoms with Crippen LogP contribution in [0, 0.1) is 17.8 Å². The number of hydrogen-bond acceptors (Lipinski definition) is 6. The van der Waals surface area contributed by atoms with Gasteiger partial charge in [-0.15, -0.1) is 0 Å². The maximum Gasteiger partial charge on any atom is 0.274 e. The molecule has 2 saturated heterocycles. The van der Waals surface area contributed by atoms with Gasteiger partial charge in [0.15, 0.2) is 8.32 Å². The highest BCUT2D eigenvalue weighted by Gasteiger charge is 2.50. The first kappa shape index (κ1) is 29.3. The lowest BCUT2D eigenvalue weighted by Gasteiger charge is -2.43. The highest BCUT2D eigenvalue weighted by atomic mass is 32.2. The van der Waals surface area contributed by atoms with Gasteiger partial charge < -0.3 is 14.3 Å². The Morgan fingerprint density at radius 1 is 1.23 bits per heavy atom. The lowest BCUT2D eigenvalue weighted by Crippen LogP contribution is -2.50. The predicted octanol–water partition coefficient (Wildman–Crippen LogP) is 5.81. The van der Waals surface area contributed by atoms with E-state index in [1.807, 2.05) is 13.0 Å². The maximum atomic E-state index is 13.0. The van der Waals surface area contributed by atoms with Crippen LogP contribution in [0.3, 0.4) is 0 Å². The van der Waals surface area contributed by atoms with Crippen molar-refractivity contribution in [3.05, 3.63) is 11.6 Å². The molecule has 2 aliphatic heterocycles.